The molecule has 0 fully saturated rings. The molecule has 2 aromatic carbocycles. The van der Waals surface area contributed by atoms with Crippen LogP contribution >= 0.6 is 0 Å². The number of nitrogens with one attached hydrogen (secondary N) is 2. The molecule has 2 aromatic rings. The molecule has 2 rings (SSSR count). The minimum atomic E-state index is -0.668. The first-order valence-electron chi connectivity index (χ1n) is 9.04. The Kier molecular flexibility index (Phi) is 8.02. The van der Waals surface area contributed by atoms with Crippen molar-refractivity contribution in [2.24, 2.45) is 0 Å². The number of benzene rings is 2. The Morgan fingerprint density at radius 1 is 0.966 bits per heavy atom. The Balaban J connectivity index is 1.83. The van der Waals surface area contributed by atoms with E-state index in [0.29, 0.717) is 22.9 Å². The zero-order chi connectivity index (χ0) is 21.2. The third-order valence-corrected chi connectivity index (χ3v) is 3.85. The summed E-state index contributed by atoms with van der Waals surface area (Å²) >= 11 is 0. The van der Waals surface area contributed by atoms with Gasteiger partial charge in [-0.3, -0.25) is 9.59 Å². The van der Waals surface area contributed by atoms with Crippen molar-refractivity contribution in [1.29, 1.82) is 0 Å². The SMILES string of the molecule is CCc1ccc(OCC(=O)OCC(=O)Nc2cc(NC(C)=O)ccc2OC)cc1. The van der Waals surface area contributed by atoms with Gasteiger partial charge in [-0.15, -0.1) is 0 Å². The van der Waals surface area contributed by atoms with Crippen LogP contribution in [0, 0.1) is 0 Å². The van der Waals surface area contributed by atoms with E-state index in [1.54, 1.807) is 30.3 Å². The molecule has 29 heavy (non-hydrogen) atoms. The zero-order valence-electron chi connectivity index (χ0n) is 16.6. The van der Waals surface area contributed by atoms with Crippen LogP contribution in [0.1, 0.15) is 19.4 Å². The summed E-state index contributed by atoms with van der Waals surface area (Å²) in [6.45, 7) is 2.64. The van der Waals surface area contributed by atoms with Gasteiger partial charge in [0, 0.05) is 12.6 Å². The first-order valence-corrected chi connectivity index (χ1v) is 9.04. The highest BCUT2D eigenvalue weighted by Gasteiger charge is 2.12. The van der Waals surface area contributed by atoms with Gasteiger partial charge in [-0.2, -0.15) is 0 Å². The second kappa shape index (κ2) is 10.7. The van der Waals surface area contributed by atoms with E-state index in [0.717, 1.165) is 12.0 Å². The van der Waals surface area contributed by atoms with Crippen LogP contribution in [0.4, 0.5) is 11.4 Å². The van der Waals surface area contributed by atoms with Crippen LogP contribution in [-0.4, -0.2) is 38.1 Å². The molecule has 2 N–H and O–H groups in total. The predicted molar refractivity (Wildman–Crippen MR) is 108 cm³/mol. The minimum absolute atomic E-state index is 0.245. The Hall–Kier alpha value is -3.55. The van der Waals surface area contributed by atoms with Crippen LogP contribution < -0.4 is 20.1 Å². The fraction of sp³-hybridized carbons (Fsp3) is 0.286. The molecule has 2 amide bonds. The second-order valence-electron chi connectivity index (χ2n) is 6.09. The summed E-state index contributed by atoms with van der Waals surface area (Å²) in [6.07, 6.45) is 0.913. The summed E-state index contributed by atoms with van der Waals surface area (Å²) in [7, 11) is 1.45. The van der Waals surface area contributed by atoms with Gasteiger partial charge in [0.1, 0.15) is 11.5 Å². The van der Waals surface area contributed by atoms with E-state index in [2.05, 4.69) is 10.6 Å². The standard InChI is InChI=1S/C21H24N2O6/c1-4-15-5-8-17(9-6-15)28-13-21(26)29-12-20(25)23-18-11-16(22-14(2)24)7-10-19(18)27-3/h5-11H,4,12-13H2,1-3H3,(H,22,24)(H,23,25). The van der Waals surface area contributed by atoms with E-state index in [1.807, 2.05) is 19.1 Å². The number of hydrogen-bond donors (Lipinski definition) is 2. The predicted octanol–water partition coefficient (Wildman–Crippen LogP) is 2.78. The molecule has 154 valence electrons. The summed E-state index contributed by atoms with van der Waals surface area (Å²) in [4.78, 5) is 35.1. The van der Waals surface area contributed by atoms with Crippen molar-refractivity contribution in [3.8, 4) is 11.5 Å². The molecule has 8 nitrogen and oxygen atoms in total. The third-order valence-electron chi connectivity index (χ3n) is 3.85. The molecule has 0 saturated heterocycles. The van der Waals surface area contributed by atoms with Crippen molar-refractivity contribution in [3.05, 3.63) is 48.0 Å². The van der Waals surface area contributed by atoms with Crippen molar-refractivity contribution in [3.63, 3.8) is 0 Å². The van der Waals surface area contributed by atoms with E-state index >= 15 is 0 Å². The fourth-order valence-electron chi connectivity index (χ4n) is 2.42. The monoisotopic (exact) mass is 400 g/mol. The molecule has 0 aromatic heterocycles. The number of esters is 1. The van der Waals surface area contributed by atoms with Crippen molar-refractivity contribution < 1.29 is 28.6 Å². The third kappa shape index (κ3) is 7.17. The summed E-state index contributed by atoms with van der Waals surface area (Å²) in [5, 5.41) is 5.20. The zero-order valence-corrected chi connectivity index (χ0v) is 16.6. The summed E-state index contributed by atoms with van der Waals surface area (Å²) in [5.74, 6) is -0.519. The van der Waals surface area contributed by atoms with Gasteiger partial charge in [0.15, 0.2) is 13.2 Å². The van der Waals surface area contributed by atoms with E-state index in [1.165, 1.54) is 14.0 Å². The van der Waals surface area contributed by atoms with E-state index in [-0.39, 0.29) is 12.5 Å². The molecule has 0 radical (unpaired) electrons. The smallest absolute Gasteiger partial charge is 0.344 e. The van der Waals surface area contributed by atoms with Gasteiger partial charge >= 0.3 is 5.97 Å². The van der Waals surface area contributed by atoms with Crippen molar-refractivity contribution >= 4 is 29.2 Å². The van der Waals surface area contributed by atoms with Gasteiger partial charge < -0.3 is 24.8 Å². The lowest BCUT2D eigenvalue weighted by atomic mass is 10.2. The average Bonchev–Trinajstić information content (AvgIpc) is 2.71. The number of rotatable bonds is 9. The van der Waals surface area contributed by atoms with Gasteiger partial charge in [-0.25, -0.2) is 4.79 Å². The van der Waals surface area contributed by atoms with Crippen LogP contribution in [0.15, 0.2) is 42.5 Å². The number of carbonyl (C=O) groups excluding carboxylic acids is 3. The highest BCUT2D eigenvalue weighted by Crippen LogP contribution is 2.27. The number of anilines is 2. The molecular weight excluding hydrogens is 376 g/mol. The Morgan fingerprint density at radius 2 is 1.69 bits per heavy atom. The van der Waals surface area contributed by atoms with Crippen LogP contribution in [-0.2, 0) is 25.5 Å². The van der Waals surface area contributed by atoms with Crippen LogP contribution in [0.5, 0.6) is 11.5 Å². The molecule has 0 unspecified atom stereocenters. The number of amides is 2. The Morgan fingerprint density at radius 3 is 2.31 bits per heavy atom. The molecule has 0 heterocycles. The van der Waals surface area contributed by atoms with E-state index in [9.17, 15) is 14.4 Å². The second-order valence-corrected chi connectivity index (χ2v) is 6.09. The largest absolute Gasteiger partial charge is 0.495 e. The first-order chi connectivity index (χ1) is 13.9. The maximum absolute atomic E-state index is 12.1. The van der Waals surface area contributed by atoms with Crippen molar-refractivity contribution in [2.45, 2.75) is 20.3 Å². The molecule has 0 atom stereocenters. The van der Waals surface area contributed by atoms with Crippen molar-refractivity contribution in [2.75, 3.05) is 31.0 Å². The molecule has 8 heteroatoms. The fourth-order valence-corrected chi connectivity index (χ4v) is 2.42. The van der Waals surface area contributed by atoms with Gasteiger partial charge in [0.05, 0.1) is 12.8 Å². The van der Waals surface area contributed by atoms with Crippen molar-refractivity contribution in [1.82, 2.24) is 0 Å². The van der Waals surface area contributed by atoms with E-state index < -0.39 is 18.5 Å². The van der Waals surface area contributed by atoms with Gasteiger partial charge in [-0.05, 0) is 42.3 Å². The van der Waals surface area contributed by atoms with Gasteiger partial charge in [-0.1, -0.05) is 19.1 Å². The molecule has 0 aliphatic rings. The number of carbonyl (C=O) groups is 3. The molecule has 0 bridgehead atoms. The number of hydrogen-bond acceptors (Lipinski definition) is 6. The quantitative estimate of drug-likeness (QED) is 0.628. The topological polar surface area (TPSA) is 103 Å². The first kappa shape index (κ1) is 21.7. The number of ether oxygens (including phenoxy) is 3. The lowest BCUT2D eigenvalue weighted by Gasteiger charge is -2.12. The summed E-state index contributed by atoms with van der Waals surface area (Å²) < 4.78 is 15.4. The lowest BCUT2D eigenvalue weighted by Crippen LogP contribution is -2.24. The summed E-state index contributed by atoms with van der Waals surface area (Å²) in [6, 6.07) is 12.2. The normalized spacial score (nSPS) is 10.0. The highest BCUT2D eigenvalue weighted by atomic mass is 16.6. The van der Waals surface area contributed by atoms with Crippen LogP contribution in [0.25, 0.3) is 0 Å². The molecule has 0 aliphatic heterocycles. The van der Waals surface area contributed by atoms with Crippen LogP contribution in [0.3, 0.4) is 0 Å². The average molecular weight is 400 g/mol. The molecular formula is C21H24N2O6. The molecule has 0 aliphatic carbocycles. The maximum Gasteiger partial charge on any atom is 0.344 e. The summed E-state index contributed by atoms with van der Waals surface area (Å²) in [5.41, 5.74) is 2.00. The highest BCUT2D eigenvalue weighted by molar-refractivity contribution is 5.96. The lowest BCUT2D eigenvalue weighted by molar-refractivity contribution is -0.149. The van der Waals surface area contributed by atoms with Crippen LogP contribution in [0.2, 0.25) is 0 Å². The minimum Gasteiger partial charge on any atom is -0.495 e. The number of methoxy groups -OCH3 is 1. The Bertz CT molecular complexity index is 864. The maximum atomic E-state index is 12.1. The Labute approximate surface area is 169 Å². The van der Waals surface area contributed by atoms with E-state index in [4.69, 9.17) is 14.2 Å². The molecule has 0 saturated carbocycles. The number of aryl methyl sites for hydroxylation is 1. The molecule has 0 spiro atoms. The van der Waals surface area contributed by atoms with Gasteiger partial charge in [0.25, 0.3) is 5.91 Å². The van der Waals surface area contributed by atoms with Gasteiger partial charge in [0.2, 0.25) is 5.91 Å².